The van der Waals surface area contributed by atoms with Crippen LogP contribution < -0.4 is 0 Å². The van der Waals surface area contributed by atoms with Crippen LogP contribution in [0.25, 0.3) is 0 Å². The summed E-state index contributed by atoms with van der Waals surface area (Å²) in [6.45, 7) is 1.77. The maximum absolute atomic E-state index is 9.19. The quantitative estimate of drug-likeness (QED) is 0.367. The second kappa shape index (κ2) is 16.0. The van der Waals surface area contributed by atoms with E-state index in [0.717, 1.165) is 0 Å². The van der Waals surface area contributed by atoms with E-state index in [1.54, 1.807) is 19.3 Å². The summed E-state index contributed by atoms with van der Waals surface area (Å²) in [5.74, 6) is 0. The summed E-state index contributed by atoms with van der Waals surface area (Å²) in [5.41, 5.74) is 0. The van der Waals surface area contributed by atoms with Crippen LogP contribution in [0.1, 0.15) is 6.92 Å². The van der Waals surface area contributed by atoms with E-state index < -0.39 is 0 Å². The first-order chi connectivity index (χ1) is 3.41. The Hall–Kier alpha value is 0.513. The van der Waals surface area contributed by atoms with Gasteiger partial charge in [0.2, 0.25) is 0 Å². The van der Waals surface area contributed by atoms with Crippen LogP contribution in [-0.4, -0.2) is 6.29 Å². The molecule has 0 unspecified atom stereocenters. The first-order valence-electron chi connectivity index (χ1n) is 1.67. The molecule has 0 aromatic carbocycles. The summed E-state index contributed by atoms with van der Waals surface area (Å²) in [4.78, 5) is 9.19. The predicted molar refractivity (Wildman–Crippen MR) is 29.4 cm³/mol. The van der Waals surface area contributed by atoms with Gasteiger partial charge in [-0.3, -0.25) is 0 Å². The molecule has 7 heavy (non-hydrogen) atoms. The van der Waals surface area contributed by atoms with Gasteiger partial charge in [0.15, 0.2) is 0 Å². The van der Waals surface area contributed by atoms with Crippen LogP contribution in [0.5, 0.6) is 0 Å². The zero-order valence-corrected chi connectivity index (χ0v) is 8.70. The molecule has 0 aliphatic heterocycles. The third kappa shape index (κ3) is 21.0. The topological polar surface area (TPSA) is 17.1 Å². The molecule has 0 aromatic rings. The van der Waals surface area contributed by atoms with Crippen LogP contribution in [0.15, 0.2) is 12.2 Å². The van der Waals surface area contributed by atoms with Gasteiger partial charge in [-0.1, -0.05) is 0 Å². The molecule has 36 valence electrons. The summed E-state index contributed by atoms with van der Waals surface area (Å²) < 4.78 is 0. The summed E-state index contributed by atoms with van der Waals surface area (Å²) in [5, 5.41) is 0. The van der Waals surface area contributed by atoms with Gasteiger partial charge in [-0.2, -0.15) is 6.08 Å². The van der Waals surface area contributed by atoms with E-state index in [-0.39, 0.29) is 0 Å². The number of halogens is 1. The van der Waals surface area contributed by atoms with Gasteiger partial charge < -0.3 is 4.79 Å². The molecule has 0 radical (unpaired) electrons. The molecule has 0 N–H and O–H groups in total. The van der Waals surface area contributed by atoms with Crippen LogP contribution in [-0.2, 0) is 21.1 Å². The molecule has 0 saturated carbocycles. The Bertz CT molecular complexity index is 53.7. The summed E-state index contributed by atoms with van der Waals surface area (Å²) in [7, 11) is 0. The van der Waals surface area contributed by atoms with E-state index in [2.05, 4.69) is 13.6 Å². The van der Waals surface area contributed by atoms with Gasteiger partial charge in [0, 0.05) is 0 Å². The molecule has 0 saturated heterocycles. The van der Waals surface area contributed by atoms with Gasteiger partial charge in [0.1, 0.15) is 0 Å². The van der Waals surface area contributed by atoms with Crippen molar-refractivity contribution >= 4 is 19.9 Å². The van der Waals surface area contributed by atoms with Crippen LogP contribution >= 0.6 is 13.6 Å². The minimum absolute atomic E-state index is 1.19. The Morgan fingerprint density at radius 2 is 2.14 bits per heavy atom. The van der Waals surface area contributed by atoms with Crippen molar-refractivity contribution in [1.82, 2.24) is 0 Å². The molecule has 0 aliphatic rings. The van der Waals surface area contributed by atoms with Crippen molar-refractivity contribution in [3.8, 4) is 0 Å². The molecule has 0 atom stereocenters. The molecular weight excluding hydrogens is 209 g/mol. The summed E-state index contributed by atoms with van der Waals surface area (Å²) in [6.07, 6.45) is 4.54. The van der Waals surface area contributed by atoms with Crippen LogP contribution in [0.3, 0.4) is 0 Å². The van der Waals surface area contributed by atoms with E-state index in [1.807, 2.05) is 0 Å². The molecule has 0 heterocycles. The summed E-state index contributed by atoms with van der Waals surface area (Å²) in [6, 6.07) is 0. The molecule has 3 heteroatoms. The molecule has 0 bridgehead atoms. The molecule has 0 spiro atoms. The summed E-state index contributed by atoms with van der Waals surface area (Å²) >= 11 is 4.25. The Morgan fingerprint density at radius 1 is 1.71 bits per heavy atom. The van der Waals surface area contributed by atoms with E-state index in [0.29, 0.717) is 0 Å². The van der Waals surface area contributed by atoms with Gasteiger partial charge in [-0.15, -0.1) is 6.92 Å². The fourth-order valence-electron chi connectivity index (χ4n) is 0.0680. The fourth-order valence-corrected chi connectivity index (χ4v) is 0.0680. The first-order valence-corrected chi connectivity index (χ1v) is 8.62. The van der Waals surface area contributed by atoms with Gasteiger partial charge in [-0.05, 0) is 6.29 Å². The molecule has 1 nitrogen and oxygen atoms in total. The SMILES string of the molecule is C/C=C/[C-]=O.[Zn+][Br]. The molecule has 0 amide bonds. The maximum atomic E-state index is 9.19. The Morgan fingerprint density at radius 3 is 2.14 bits per heavy atom. The van der Waals surface area contributed by atoms with E-state index in [4.69, 9.17) is 0 Å². The first kappa shape index (κ1) is 10.5. The fraction of sp³-hybridized carbons (Fsp3) is 0.250. The van der Waals surface area contributed by atoms with E-state index >= 15 is 0 Å². The van der Waals surface area contributed by atoms with Gasteiger partial charge in [-0.25, -0.2) is 6.08 Å². The second-order valence-electron chi connectivity index (χ2n) is 0.618. The van der Waals surface area contributed by atoms with Crippen molar-refractivity contribution in [2.45, 2.75) is 6.92 Å². The zero-order chi connectivity index (χ0) is 6.12. The van der Waals surface area contributed by atoms with Crippen LogP contribution in [0, 0.1) is 0 Å². The van der Waals surface area contributed by atoms with E-state index in [1.165, 1.54) is 22.4 Å². The number of carbonyl (C=O) groups excluding carboxylic acids is 1. The molecule has 0 aromatic heterocycles. The van der Waals surface area contributed by atoms with Crippen molar-refractivity contribution < 1.29 is 21.1 Å². The number of allylic oxidation sites excluding steroid dienone is 2. The minimum atomic E-state index is 1.19. The zero-order valence-electron chi connectivity index (χ0n) is 4.15. The number of rotatable bonds is 1. The Labute approximate surface area is 60.2 Å². The van der Waals surface area contributed by atoms with Crippen molar-refractivity contribution in [3.63, 3.8) is 0 Å². The van der Waals surface area contributed by atoms with Crippen molar-refractivity contribution in [3.05, 3.63) is 12.2 Å². The van der Waals surface area contributed by atoms with Gasteiger partial charge >= 0.3 is 30.0 Å². The number of hydrogen-bond acceptors (Lipinski definition) is 1. The van der Waals surface area contributed by atoms with Crippen molar-refractivity contribution in [2.24, 2.45) is 0 Å². The van der Waals surface area contributed by atoms with E-state index in [9.17, 15) is 4.79 Å². The van der Waals surface area contributed by atoms with Gasteiger partial charge in [0.05, 0.1) is 0 Å². The third-order valence-electron chi connectivity index (χ3n) is 0.235. The predicted octanol–water partition coefficient (Wildman–Crippen LogP) is 1.52. The van der Waals surface area contributed by atoms with Crippen LogP contribution in [0.2, 0.25) is 0 Å². The Kier molecular flexibility index (Phi) is 24.0. The monoisotopic (exact) mass is 212 g/mol. The van der Waals surface area contributed by atoms with Gasteiger partial charge in [0.25, 0.3) is 0 Å². The third-order valence-corrected chi connectivity index (χ3v) is 0.235. The van der Waals surface area contributed by atoms with Crippen molar-refractivity contribution in [1.29, 1.82) is 0 Å². The Balaban J connectivity index is 0. The average Bonchev–Trinajstić information content (AvgIpc) is 1.75. The second-order valence-corrected chi connectivity index (χ2v) is 0.618. The standard InChI is InChI=1S/C4H5O.BrH.Zn/c1-2-3-4-5;;/h2-3H,1H3;1H;/q-1;;+2/p-1/b3-2+;;. The molecular formula is C4H5BrOZn. The molecule has 0 aliphatic carbocycles. The molecule has 0 rings (SSSR count). The van der Waals surface area contributed by atoms with Crippen LogP contribution in [0.4, 0.5) is 0 Å². The number of hydrogen-bond donors (Lipinski definition) is 0. The van der Waals surface area contributed by atoms with Crippen molar-refractivity contribution in [2.75, 3.05) is 0 Å². The average molecular weight is 214 g/mol. The molecule has 0 fully saturated rings. The normalized spacial score (nSPS) is 7.43.